The average molecular weight is 433 g/mol. The fraction of sp³-hybridized carbons (Fsp3) is 0.421. The van der Waals surface area contributed by atoms with Crippen LogP contribution in [0.15, 0.2) is 41.4 Å². The molecule has 1 aliphatic heterocycles. The van der Waals surface area contributed by atoms with Gasteiger partial charge >= 0.3 is 6.18 Å². The summed E-state index contributed by atoms with van der Waals surface area (Å²) in [5, 5.41) is 0. The Morgan fingerprint density at radius 2 is 2.00 bits per heavy atom. The van der Waals surface area contributed by atoms with E-state index in [-0.39, 0.29) is 25.3 Å². The van der Waals surface area contributed by atoms with Crippen molar-refractivity contribution >= 4 is 9.84 Å². The molecule has 0 spiro atoms. The number of nitrogens with zero attached hydrogens (tertiary/aromatic N) is 1. The summed E-state index contributed by atoms with van der Waals surface area (Å²) in [7, 11) is -2.86. The average Bonchev–Trinajstić information content (AvgIpc) is 2.67. The van der Waals surface area contributed by atoms with Crippen LogP contribution in [0, 0.1) is 5.82 Å². The van der Waals surface area contributed by atoms with Gasteiger partial charge in [0.15, 0.2) is 15.7 Å². The molecule has 1 saturated heterocycles. The Labute approximate surface area is 165 Å². The van der Waals surface area contributed by atoms with Crippen molar-refractivity contribution in [2.45, 2.75) is 41.7 Å². The normalized spacial score (nSPS) is 23.0. The summed E-state index contributed by atoms with van der Waals surface area (Å²) in [6, 6.07) is 4.83. The van der Waals surface area contributed by atoms with Gasteiger partial charge in [0.2, 0.25) is 5.88 Å². The molecule has 158 valence electrons. The summed E-state index contributed by atoms with van der Waals surface area (Å²) >= 11 is 0. The molecule has 2 unspecified atom stereocenters. The summed E-state index contributed by atoms with van der Waals surface area (Å²) < 4.78 is 88.4. The molecular weight excluding hydrogens is 414 g/mol. The molecule has 1 aliphatic rings. The molecule has 10 heteroatoms. The minimum atomic E-state index is -4.66. The van der Waals surface area contributed by atoms with E-state index in [2.05, 4.69) is 4.98 Å². The van der Waals surface area contributed by atoms with Gasteiger partial charge in [0.1, 0.15) is 0 Å². The standard InChI is InChI=1S/C19H19F4NO4S/c1-18(29(25,26)14-5-3-4-13(9-14)19(21,22)23)6-7-28-16(10-18)12-8-15(20)17(27-2)24-11-12/h3-5,8-9,11,16H,6-7,10H2,1-2H3. The molecule has 5 nitrogen and oxygen atoms in total. The van der Waals surface area contributed by atoms with Gasteiger partial charge in [0.25, 0.3) is 0 Å². The molecule has 29 heavy (non-hydrogen) atoms. The van der Waals surface area contributed by atoms with Crippen molar-refractivity contribution in [3.8, 4) is 5.88 Å². The number of hydrogen-bond acceptors (Lipinski definition) is 5. The molecule has 1 aromatic heterocycles. The minimum absolute atomic E-state index is 0.0486. The maximum atomic E-state index is 14.0. The van der Waals surface area contributed by atoms with Gasteiger partial charge in [-0.25, -0.2) is 17.8 Å². The van der Waals surface area contributed by atoms with E-state index < -0.39 is 43.1 Å². The van der Waals surface area contributed by atoms with Crippen molar-refractivity contribution in [1.82, 2.24) is 4.98 Å². The monoisotopic (exact) mass is 433 g/mol. The summed E-state index contributed by atoms with van der Waals surface area (Å²) in [4.78, 5) is 3.42. The first-order chi connectivity index (χ1) is 13.5. The minimum Gasteiger partial charge on any atom is -0.479 e. The first-order valence-corrected chi connectivity index (χ1v) is 10.2. The van der Waals surface area contributed by atoms with Gasteiger partial charge in [0, 0.05) is 18.4 Å². The van der Waals surface area contributed by atoms with Gasteiger partial charge in [-0.2, -0.15) is 13.2 Å². The fourth-order valence-corrected chi connectivity index (χ4v) is 5.15. The number of methoxy groups -OCH3 is 1. The highest BCUT2D eigenvalue weighted by Gasteiger charge is 2.46. The second-order valence-electron chi connectivity index (χ2n) is 7.05. The lowest BCUT2D eigenvalue weighted by Crippen LogP contribution is -2.42. The van der Waals surface area contributed by atoms with Gasteiger partial charge in [0.05, 0.1) is 28.4 Å². The van der Waals surface area contributed by atoms with Crippen LogP contribution in [-0.2, 0) is 20.8 Å². The van der Waals surface area contributed by atoms with Gasteiger partial charge in [-0.15, -0.1) is 0 Å². The number of alkyl halides is 3. The van der Waals surface area contributed by atoms with Crippen molar-refractivity contribution in [3.63, 3.8) is 0 Å². The zero-order valence-electron chi connectivity index (χ0n) is 15.7. The predicted molar refractivity (Wildman–Crippen MR) is 95.7 cm³/mol. The first kappa shape index (κ1) is 21.5. The third-order valence-corrected chi connectivity index (χ3v) is 7.62. The van der Waals surface area contributed by atoms with Crippen LogP contribution in [0.2, 0.25) is 0 Å². The van der Waals surface area contributed by atoms with Crippen LogP contribution < -0.4 is 4.74 Å². The highest BCUT2D eigenvalue weighted by Crippen LogP contribution is 2.43. The molecule has 0 radical (unpaired) electrons. The van der Waals surface area contributed by atoms with E-state index >= 15 is 0 Å². The molecule has 2 heterocycles. The number of aromatic nitrogens is 1. The third-order valence-electron chi connectivity index (χ3n) is 5.08. The molecule has 0 N–H and O–H groups in total. The molecule has 3 rings (SSSR count). The number of benzene rings is 1. The quantitative estimate of drug-likeness (QED) is 0.672. The molecule has 1 fully saturated rings. The van der Waals surface area contributed by atoms with Crippen LogP contribution >= 0.6 is 0 Å². The fourth-order valence-electron chi connectivity index (χ4n) is 3.32. The smallest absolute Gasteiger partial charge is 0.416 e. The summed E-state index contributed by atoms with van der Waals surface area (Å²) in [6.07, 6.45) is -4.07. The van der Waals surface area contributed by atoms with E-state index in [9.17, 15) is 26.0 Å². The molecule has 0 aliphatic carbocycles. The Kier molecular flexibility index (Phi) is 5.61. The highest BCUT2D eigenvalue weighted by atomic mass is 32.2. The van der Waals surface area contributed by atoms with Crippen LogP contribution in [0.4, 0.5) is 17.6 Å². The first-order valence-electron chi connectivity index (χ1n) is 8.71. The third kappa shape index (κ3) is 4.09. The van der Waals surface area contributed by atoms with E-state index in [4.69, 9.17) is 9.47 Å². The van der Waals surface area contributed by atoms with E-state index in [1.807, 2.05) is 0 Å². The predicted octanol–water partition coefficient (Wildman–Crippen LogP) is 4.33. The van der Waals surface area contributed by atoms with Crippen LogP contribution in [0.5, 0.6) is 5.88 Å². The van der Waals surface area contributed by atoms with Crippen molar-refractivity contribution in [2.75, 3.05) is 13.7 Å². The molecule has 1 aromatic carbocycles. The van der Waals surface area contributed by atoms with Gasteiger partial charge in [-0.1, -0.05) is 6.07 Å². The number of halogens is 4. The Morgan fingerprint density at radius 3 is 2.62 bits per heavy atom. The van der Waals surface area contributed by atoms with Gasteiger partial charge in [-0.3, -0.25) is 0 Å². The van der Waals surface area contributed by atoms with Gasteiger partial charge in [-0.05, 0) is 44.0 Å². The molecular formula is C19H19F4NO4S. The Hall–Kier alpha value is -2.20. The van der Waals surface area contributed by atoms with E-state index in [0.717, 1.165) is 24.3 Å². The molecule has 2 aromatic rings. The maximum Gasteiger partial charge on any atom is 0.416 e. The largest absolute Gasteiger partial charge is 0.479 e. The van der Waals surface area contributed by atoms with Crippen LogP contribution in [-0.4, -0.2) is 31.9 Å². The number of ether oxygens (including phenoxy) is 2. The number of rotatable bonds is 4. The zero-order valence-corrected chi connectivity index (χ0v) is 16.5. The van der Waals surface area contributed by atoms with E-state index in [1.165, 1.54) is 20.2 Å². The van der Waals surface area contributed by atoms with E-state index in [0.29, 0.717) is 11.6 Å². The Balaban J connectivity index is 1.94. The number of sulfone groups is 1. The number of hydrogen-bond donors (Lipinski definition) is 0. The van der Waals surface area contributed by atoms with Gasteiger partial charge < -0.3 is 9.47 Å². The topological polar surface area (TPSA) is 65.5 Å². The van der Waals surface area contributed by atoms with Crippen LogP contribution in [0.3, 0.4) is 0 Å². The Bertz CT molecular complexity index is 1010. The van der Waals surface area contributed by atoms with Crippen LogP contribution in [0.25, 0.3) is 0 Å². The van der Waals surface area contributed by atoms with Crippen molar-refractivity contribution in [1.29, 1.82) is 0 Å². The lowest BCUT2D eigenvalue weighted by atomic mass is 9.93. The van der Waals surface area contributed by atoms with Crippen molar-refractivity contribution in [3.05, 3.63) is 53.5 Å². The lowest BCUT2D eigenvalue weighted by molar-refractivity contribution is -0.137. The van der Waals surface area contributed by atoms with E-state index in [1.54, 1.807) is 0 Å². The SMILES string of the molecule is COc1ncc(C2CC(C)(S(=O)(=O)c3cccc(C(F)(F)F)c3)CCO2)cc1F. The molecule has 0 saturated carbocycles. The summed E-state index contributed by atoms with van der Waals surface area (Å²) in [5.41, 5.74) is -0.708. The Morgan fingerprint density at radius 1 is 1.28 bits per heavy atom. The van der Waals surface area contributed by atoms with Crippen molar-refractivity contribution < 1.29 is 35.5 Å². The van der Waals surface area contributed by atoms with Crippen LogP contribution in [0.1, 0.15) is 37.0 Å². The van der Waals surface area contributed by atoms with Crippen molar-refractivity contribution in [2.24, 2.45) is 0 Å². The molecule has 0 amide bonds. The lowest BCUT2D eigenvalue weighted by Gasteiger charge is -2.37. The zero-order chi connectivity index (χ0) is 21.4. The maximum absolute atomic E-state index is 14.0. The second-order valence-corrected chi connectivity index (χ2v) is 9.52. The molecule has 2 atom stereocenters. The summed E-state index contributed by atoms with van der Waals surface area (Å²) in [6.45, 7) is 1.51. The molecule has 0 bridgehead atoms. The second kappa shape index (κ2) is 7.56. The highest BCUT2D eigenvalue weighted by molar-refractivity contribution is 7.92. The number of pyridine rings is 1. The summed E-state index contributed by atoms with van der Waals surface area (Å²) in [5.74, 6) is -0.925.